The van der Waals surface area contributed by atoms with Gasteiger partial charge in [0.15, 0.2) is 5.82 Å². The van der Waals surface area contributed by atoms with Crippen LogP contribution in [-0.4, -0.2) is 32.9 Å². The number of amides is 1. The normalized spacial score (nSPS) is 14.1. The molecule has 0 radical (unpaired) electrons. The molecule has 1 amide bonds. The van der Waals surface area contributed by atoms with Crippen LogP contribution in [0.3, 0.4) is 0 Å². The van der Waals surface area contributed by atoms with E-state index >= 15 is 0 Å². The van der Waals surface area contributed by atoms with Crippen molar-refractivity contribution in [3.05, 3.63) is 92.3 Å². The Bertz CT molecular complexity index is 1590. The zero-order valence-corrected chi connectivity index (χ0v) is 22.2. The molecule has 0 aliphatic carbocycles. The molecule has 5 rings (SSSR count). The maximum Gasteiger partial charge on any atom is 0.227 e. The number of nitrogens with zero attached hydrogens (tertiary/aromatic N) is 4. The number of fused-ring (bicyclic) bond motifs is 3. The fraction of sp³-hybridized carbons (Fsp3) is 0.214. The first-order valence-corrected chi connectivity index (χ1v) is 13.0. The summed E-state index contributed by atoms with van der Waals surface area (Å²) in [5.74, 6) is 7.03. The Labute approximate surface area is 224 Å². The molecular weight excluding hydrogens is 504 g/mol. The number of aliphatic imine (C=N–C) groups is 1. The van der Waals surface area contributed by atoms with E-state index in [9.17, 15) is 4.79 Å². The molecule has 0 saturated heterocycles. The smallest absolute Gasteiger partial charge is 0.227 e. The summed E-state index contributed by atoms with van der Waals surface area (Å²) in [5.41, 5.74) is 10.8. The second kappa shape index (κ2) is 10.3. The lowest BCUT2D eigenvalue weighted by molar-refractivity contribution is -0.116. The van der Waals surface area contributed by atoms with Gasteiger partial charge in [0, 0.05) is 32.3 Å². The van der Waals surface area contributed by atoms with Crippen molar-refractivity contribution >= 4 is 40.2 Å². The van der Waals surface area contributed by atoms with Gasteiger partial charge < -0.3 is 11.1 Å². The van der Waals surface area contributed by atoms with Gasteiger partial charge in [0.25, 0.3) is 0 Å². The number of nitrogens with one attached hydrogen (secondary N) is 1. The first kappa shape index (κ1) is 24.9. The molecule has 1 aliphatic heterocycles. The Morgan fingerprint density at radius 2 is 1.95 bits per heavy atom. The lowest BCUT2D eigenvalue weighted by Gasteiger charge is -2.13. The van der Waals surface area contributed by atoms with E-state index in [0.29, 0.717) is 16.5 Å². The van der Waals surface area contributed by atoms with Gasteiger partial charge in [0.2, 0.25) is 5.91 Å². The fourth-order valence-corrected chi connectivity index (χ4v) is 5.69. The number of aryl methyl sites for hydroxylation is 2. The highest BCUT2D eigenvalue weighted by atomic mass is 35.5. The molecule has 2 aromatic carbocycles. The number of rotatable bonds is 4. The van der Waals surface area contributed by atoms with Gasteiger partial charge in [-0.15, -0.1) is 21.5 Å². The van der Waals surface area contributed by atoms with E-state index in [1.54, 1.807) is 11.3 Å². The average molecular weight is 529 g/mol. The van der Waals surface area contributed by atoms with Crippen molar-refractivity contribution in [3.63, 3.8) is 0 Å². The van der Waals surface area contributed by atoms with Crippen molar-refractivity contribution in [3.8, 4) is 16.8 Å². The van der Waals surface area contributed by atoms with Gasteiger partial charge in [-0.1, -0.05) is 41.6 Å². The summed E-state index contributed by atoms with van der Waals surface area (Å²) < 4.78 is 2.04. The van der Waals surface area contributed by atoms with E-state index in [1.807, 2.05) is 60.0 Å². The van der Waals surface area contributed by atoms with Gasteiger partial charge in [-0.2, -0.15) is 0 Å². The molecule has 9 heteroatoms. The monoisotopic (exact) mass is 528 g/mol. The Balaban J connectivity index is 1.56. The van der Waals surface area contributed by atoms with Crippen LogP contribution in [0.15, 0.2) is 53.5 Å². The van der Waals surface area contributed by atoms with Gasteiger partial charge in [-0.3, -0.25) is 14.4 Å². The fourth-order valence-electron chi connectivity index (χ4n) is 4.35. The van der Waals surface area contributed by atoms with Crippen LogP contribution in [0.5, 0.6) is 0 Å². The third kappa shape index (κ3) is 4.94. The molecule has 186 valence electrons. The van der Waals surface area contributed by atoms with Crippen molar-refractivity contribution in [2.75, 3.05) is 11.9 Å². The van der Waals surface area contributed by atoms with Gasteiger partial charge in [0.05, 0.1) is 18.7 Å². The molecule has 3 N–H and O–H groups in total. The van der Waals surface area contributed by atoms with E-state index in [4.69, 9.17) is 22.3 Å². The van der Waals surface area contributed by atoms with Crippen LogP contribution < -0.4 is 11.1 Å². The highest BCUT2D eigenvalue weighted by Gasteiger charge is 2.32. The molecule has 0 bridgehead atoms. The van der Waals surface area contributed by atoms with Crippen LogP contribution in [0.2, 0.25) is 5.02 Å². The molecular formula is C28H25ClN6OS. The lowest BCUT2D eigenvalue weighted by Crippen LogP contribution is -2.17. The molecule has 2 aromatic heterocycles. The molecule has 4 aromatic rings. The Morgan fingerprint density at radius 1 is 1.16 bits per heavy atom. The van der Waals surface area contributed by atoms with Crippen molar-refractivity contribution in [2.45, 2.75) is 33.2 Å². The Kier molecular flexibility index (Phi) is 6.94. The molecule has 37 heavy (non-hydrogen) atoms. The maximum absolute atomic E-state index is 13.2. The van der Waals surface area contributed by atoms with Crippen molar-refractivity contribution in [2.24, 2.45) is 10.7 Å². The number of thiophene rings is 1. The first-order valence-electron chi connectivity index (χ1n) is 11.8. The summed E-state index contributed by atoms with van der Waals surface area (Å²) in [6, 6.07) is 14.5. The van der Waals surface area contributed by atoms with Crippen LogP contribution in [0.25, 0.3) is 5.00 Å². The third-order valence-electron chi connectivity index (χ3n) is 6.22. The number of hydrogen-bond donors (Lipinski definition) is 2. The van der Waals surface area contributed by atoms with E-state index < -0.39 is 6.04 Å². The van der Waals surface area contributed by atoms with Gasteiger partial charge >= 0.3 is 0 Å². The van der Waals surface area contributed by atoms with Crippen molar-refractivity contribution in [1.82, 2.24) is 14.8 Å². The molecule has 0 fully saturated rings. The van der Waals surface area contributed by atoms with Gasteiger partial charge in [-0.05, 0) is 56.7 Å². The minimum absolute atomic E-state index is 0.0981. The molecule has 0 unspecified atom stereocenters. The molecule has 0 spiro atoms. The summed E-state index contributed by atoms with van der Waals surface area (Å²) >= 11 is 7.86. The van der Waals surface area contributed by atoms with Crippen LogP contribution in [0, 0.1) is 32.6 Å². The van der Waals surface area contributed by atoms with E-state index in [-0.39, 0.29) is 18.9 Å². The van der Waals surface area contributed by atoms with Crippen LogP contribution >= 0.6 is 22.9 Å². The van der Waals surface area contributed by atoms with Crippen molar-refractivity contribution < 1.29 is 4.79 Å². The minimum Gasteiger partial charge on any atom is -0.326 e. The van der Waals surface area contributed by atoms with Gasteiger partial charge in [0.1, 0.15) is 16.9 Å². The molecule has 3 heterocycles. The van der Waals surface area contributed by atoms with E-state index in [1.165, 1.54) is 4.88 Å². The first-order chi connectivity index (χ1) is 17.9. The number of carbonyl (C=O) groups excluding carboxylic acids is 1. The highest BCUT2D eigenvalue weighted by Crippen LogP contribution is 2.39. The quantitative estimate of drug-likeness (QED) is 0.358. The summed E-state index contributed by atoms with van der Waals surface area (Å²) in [5, 5.41) is 13.5. The standard InChI is InChI=1S/C28H25ClN6OS/c1-16-17(2)37-28-25(16)26(20-9-11-21(29)12-10-20)32-23(27-34-33-18(3)35(27)28)15-24(36)31-22-8-4-6-19(14-22)7-5-13-30/h4,6,8-12,14,23H,13,15,30H2,1-3H3,(H,31,36)/t23-/m0/s1. The van der Waals surface area contributed by atoms with Crippen LogP contribution in [0.4, 0.5) is 5.69 Å². The average Bonchev–Trinajstić information content (AvgIpc) is 3.35. The number of carbonyl (C=O) groups is 1. The minimum atomic E-state index is -0.536. The zero-order chi connectivity index (χ0) is 26.1. The van der Waals surface area contributed by atoms with Crippen molar-refractivity contribution in [1.29, 1.82) is 0 Å². The number of aromatic nitrogens is 3. The predicted octanol–water partition coefficient (Wildman–Crippen LogP) is 5.14. The summed E-state index contributed by atoms with van der Waals surface area (Å²) in [6.45, 7) is 6.40. The topological polar surface area (TPSA) is 98.2 Å². The van der Waals surface area contributed by atoms with E-state index in [0.717, 1.165) is 38.8 Å². The van der Waals surface area contributed by atoms with Gasteiger partial charge in [-0.25, -0.2) is 0 Å². The highest BCUT2D eigenvalue weighted by molar-refractivity contribution is 7.15. The SMILES string of the molecule is Cc1sc2c(c1C)C(c1ccc(Cl)cc1)=N[C@@H](CC(=O)Nc1cccc(C#CCN)c1)c1nnc(C)n1-2. The predicted molar refractivity (Wildman–Crippen MR) is 149 cm³/mol. The second-order valence-corrected chi connectivity index (χ2v) is 10.4. The largest absolute Gasteiger partial charge is 0.326 e. The summed E-state index contributed by atoms with van der Waals surface area (Å²) in [6.07, 6.45) is 0.0981. The third-order valence-corrected chi connectivity index (χ3v) is 7.66. The molecule has 1 aliphatic rings. The Hall–Kier alpha value is -3.77. The lowest BCUT2D eigenvalue weighted by atomic mass is 9.99. The van der Waals surface area contributed by atoms with E-state index in [2.05, 4.69) is 41.2 Å². The summed E-state index contributed by atoms with van der Waals surface area (Å²) in [7, 11) is 0. The molecule has 0 saturated carbocycles. The van der Waals surface area contributed by atoms with Crippen LogP contribution in [-0.2, 0) is 4.79 Å². The number of benzene rings is 2. The second-order valence-electron chi connectivity index (χ2n) is 8.74. The maximum atomic E-state index is 13.2. The molecule has 7 nitrogen and oxygen atoms in total. The Morgan fingerprint density at radius 3 is 2.70 bits per heavy atom. The van der Waals surface area contributed by atoms with Crippen LogP contribution in [0.1, 0.15) is 51.2 Å². The molecule has 1 atom stereocenters. The number of hydrogen-bond acceptors (Lipinski definition) is 6. The zero-order valence-electron chi connectivity index (χ0n) is 20.7. The number of halogens is 1. The number of anilines is 1. The summed E-state index contributed by atoms with van der Waals surface area (Å²) in [4.78, 5) is 19.6. The number of nitrogens with two attached hydrogens (primary N) is 1.